The number of carbonyl (C=O) groups is 1. The van der Waals surface area contributed by atoms with Crippen molar-refractivity contribution in [3.63, 3.8) is 0 Å². The molecule has 3 nitrogen and oxygen atoms in total. The maximum Gasteiger partial charge on any atom is 0.250 e. The van der Waals surface area contributed by atoms with Crippen molar-refractivity contribution in [1.29, 1.82) is 0 Å². The van der Waals surface area contributed by atoms with E-state index in [1.54, 1.807) is 12.3 Å². The van der Waals surface area contributed by atoms with Crippen LogP contribution in [-0.2, 0) is 11.2 Å². The zero-order valence-corrected chi connectivity index (χ0v) is 16.8. The van der Waals surface area contributed by atoms with Crippen LogP contribution in [0, 0.1) is 0 Å². The molecule has 1 heterocycles. The number of hydrogen-bond donors (Lipinski definition) is 1. The SMILES string of the molecule is CC(C)c1ccc(/C=C\C(=O)Nc2ncc(Cc3cccc(Cl)c3)s2)cc1. The van der Waals surface area contributed by atoms with Crippen molar-refractivity contribution in [3.05, 3.63) is 87.4 Å². The van der Waals surface area contributed by atoms with E-state index in [4.69, 9.17) is 11.6 Å². The summed E-state index contributed by atoms with van der Waals surface area (Å²) in [6.45, 7) is 4.32. The van der Waals surface area contributed by atoms with Crippen LogP contribution in [0.15, 0.2) is 60.8 Å². The number of amides is 1. The van der Waals surface area contributed by atoms with Gasteiger partial charge in [-0.1, -0.05) is 61.8 Å². The van der Waals surface area contributed by atoms with Crippen molar-refractivity contribution in [2.24, 2.45) is 0 Å². The standard InChI is InChI=1S/C22H21ClN2OS/c1-15(2)18-9-6-16(7-10-18)8-11-21(26)25-22-24-14-20(27-22)13-17-4-3-5-19(23)12-17/h3-12,14-15H,13H2,1-2H3,(H,24,25,26)/b11-8-. The molecule has 1 N–H and O–H groups in total. The highest BCUT2D eigenvalue weighted by atomic mass is 35.5. The van der Waals surface area contributed by atoms with Gasteiger partial charge in [0.05, 0.1) is 0 Å². The van der Waals surface area contributed by atoms with Gasteiger partial charge in [-0.2, -0.15) is 0 Å². The Balaban J connectivity index is 1.57. The summed E-state index contributed by atoms with van der Waals surface area (Å²) >= 11 is 7.49. The van der Waals surface area contributed by atoms with Gasteiger partial charge in [-0.05, 0) is 40.8 Å². The van der Waals surface area contributed by atoms with Gasteiger partial charge in [0, 0.05) is 28.6 Å². The molecular weight excluding hydrogens is 376 g/mol. The second-order valence-corrected chi connectivity index (χ2v) is 8.13. The van der Waals surface area contributed by atoms with Gasteiger partial charge in [0.2, 0.25) is 5.91 Å². The molecule has 2 aromatic carbocycles. The lowest BCUT2D eigenvalue weighted by atomic mass is 10.0. The largest absolute Gasteiger partial charge is 0.298 e. The molecule has 5 heteroatoms. The second kappa shape index (κ2) is 8.98. The highest BCUT2D eigenvalue weighted by Crippen LogP contribution is 2.22. The molecule has 0 spiro atoms. The van der Waals surface area contributed by atoms with Crippen LogP contribution < -0.4 is 5.32 Å². The van der Waals surface area contributed by atoms with Crippen LogP contribution in [0.1, 0.15) is 41.3 Å². The summed E-state index contributed by atoms with van der Waals surface area (Å²) in [5.41, 5.74) is 3.40. The Kier molecular flexibility index (Phi) is 6.43. The number of thiazole rings is 1. The Labute approximate surface area is 168 Å². The number of hydrogen-bond acceptors (Lipinski definition) is 3. The van der Waals surface area contributed by atoms with Crippen LogP contribution in [0.2, 0.25) is 5.02 Å². The molecule has 27 heavy (non-hydrogen) atoms. The summed E-state index contributed by atoms with van der Waals surface area (Å²) in [6, 6.07) is 16.0. The highest BCUT2D eigenvalue weighted by molar-refractivity contribution is 7.15. The van der Waals surface area contributed by atoms with Gasteiger partial charge >= 0.3 is 0 Å². The molecule has 138 valence electrons. The van der Waals surface area contributed by atoms with Crippen LogP contribution in [0.5, 0.6) is 0 Å². The van der Waals surface area contributed by atoms with Crippen molar-refractivity contribution in [2.45, 2.75) is 26.2 Å². The molecule has 3 rings (SSSR count). The fourth-order valence-corrected chi connectivity index (χ4v) is 3.67. The number of rotatable bonds is 6. The molecule has 0 aliphatic rings. The molecular formula is C22H21ClN2OS. The van der Waals surface area contributed by atoms with Gasteiger partial charge in [-0.25, -0.2) is 4.98 Å². The summed E-state index contributed by atoms with van der Waals surface area (Å²) in [5, 5.41) is 4.13. The third kappa shape index (κ3) is 5.78. The first-order valence-electron chi connectivity index (χ1n) is 8.78. The minimum atomic E-state index is -0.188. The molecule has 0 bridgehead atoms. The number of aromatic nitrogens is 1. The lowest BCUT2D eigenvalue weighted by molar-refractivity contribution is -0.111. The van der Waals surface area contributed by atoms with Crippen molar-refractivity contribution >= 4 is 40.1 Å². The van der Waals surface area contributed by atoms with Gasteiger partial charge in [0.25, 0.3) is 0 Å². The van der Waals surface area contributed by atoms with E-state index in [0.29, 0.717) is 11.0 Å². The van der Waals surface area contributed by atoms with Gasteiger partial charge in [0.15, 0.2) is 5.13 Å². The minimum absolute atomic E-state index is 0.188. The van der Waals surface area contributed by atoms with Crippen LogP contribution in [0.4, 0.5) is 5.13 Å². The van der Waals surface area contributed by atoms with Crippen LogP contribution in [-0.4, -0.2) is 10.9 Å². The fourth-order valence-electron chi connectivity index (χ4n) is 2.61. The fraction of sp³-hybridized carbons (Fsp3) is 0.182. The Morgan fingerprint density at radius 3 is 2.70 bits per heavy atom. The molecule has 1 amide bonds. The first kappa shape index (κ1) is 19.3. The molecule has 0 saturated carbocycles. The number of carbonyl (C=O) groups excluding carboxylic acids is 1. The zero-order valence-electron chi connectivity index (χ0n) is 15.3. The van der Waals surface area contributed by atoms with E-state index in [9.17, 15) is 4.79 Å². The predicted octanol–water partition coefficient (Wildman–Crippen LogP) is 6.16. The van der Waals surface area contributed by atoms with E-state index in [2.05, 4.69) is 36.3 Å². The lowest BCUT2D eigenvalue weighted by Crippen LogP contribution is -2.07. The van der Waals surface area contributed by atoms with E-state index in [1.807, 2.05) is 36.4 Å². The average molecular weight is 397 g/mol. The van der Waals surface area contributed by atoms with E-state index in [-0.39, 0.29) is 5.91 Å². The average Bonchev–Trinajstić information content (AvgIpc) is 3.07. The first-order valence-corrected chi connectivity index (χ1v) is 9.97. The summed E-state index contributed by atoms with van der Waals surface area (Å²) in [6.07, 6.45) is 5.87. The van der Waals surface area contributed by atoms with Crippen molar-refractivity contribution in [1.82, 2.24) is 4.98 Å². The van der Waals surface area contributed by atoms with E-state index < -0.39 is 0 Å². The van der Waals surface area contributed by atoms with Gasteiger partial charge in [-0.3, -0.25) is 10.1 Å². The zero-order chi connectivity index (χ0) is 19.2. The maximum absolute atomic E-state index is 12.1. The van der Waals surface area contributed by atoms with E-state index in [1.165, 1.54) is 23.0 Å². The minimum Gasteiger partial charge on any atom is -0.298 e. The normalized spacial score (nSPS) is 11.3. The van der Waals surface area contributed by atoms with Crippen LogP contribution in [0.25, 0.3) is 6.08 Å². The molecule has 3 aromatic rings. The summed E-state index contributed by atoms with van der Waals surface area (Å²) < 4.78 is 0. The Hall–Kier alpha value is -2.43. The predicted molar refractivity (Wildman–Crippen MR) is 115 cm³/mol. The first-order chi connectivity index (χ1) is 13.0. The van der Waals surface area contributed by atoms with Gasteiger partial charge in [-0.15, -0.1) is 11.3 Å². The Morgan fingerprint density at radius 1 is 1.22 bits per heavy atom. The molecule has 0 aliphatic carbocycles. The van der Waals surface area contributed by atoms with Gasteiger partial charge in [0.1, 0.15) is 0 Å². The molecule has 0 saturated heterocycles. The maximum atomic E-state index is 12.1. The van der Waals surface area contributed by atoms with Crippen LogP contribution in [0.3, 0.4) is 0 Å². The number of anilines is 1. The van der Waals surface area contributed by atoms with Crippen molar-refractivity contribution < 1.29 is 4.79 Å². The molecule has 0 atom stereocenters. The monoisotopic (exact) mass is 396 g/mol. The third-order valence-electron chi connectivity index (χ3n) is 4.08. The van der Waals surface area contributed by atoms with Crippen molar-refractivity contribution in [2.75, 3.05) is 5.32 Å². The number of nitrogens with zero attached hydrogens (tertiary/aromatic N) is 1. The Morgan fingerprint density at radius 2 is 2.00 bits per heavy atom. The van der Waals surface area contributed by atoms with E-state index in [0.717, 1.165) is 27.4 Å². The summed E-state index contributed by atoms with van der Waals surface area (Å²) in [4.78, 5) is 17.5. The second-order valence-electron chi connectivity index (χ2n) is 6.58. The van der Waals surface area contributed by atoms with Gasteiger partial charge < -0.3 is 0 Å². The molecule has 0 aliphatic heterocycles. The highest BCUT2D eigenvalue weighted by Gasteiger charge is 2.06. The summed E-state index contributed by atoms with van der Waals surface area (Å²) in [5.74, 6) is 0.309. The Bertz CT molecular complexity index is 945. The summed E-state index contributed by atoms with van der Waals surface area (Å²) in [7, 11) is 0. The van der Waals surface area contributed by atoms with Crippen molar-refractivity contribution in [3.8, 4) is 0 Å². The topological polar surface area (TPSA) is 42.0 Å². The van der Waals surface area contributed by atoms with E-state index >= 15 is 0 Å². The molecule has 0 fully saturated rings. The smallest absolute Gasteiger partial charge is 0.250 e. The number of halogens is 1. The molecule has 1 aromatic heterocycles. The lowest BCUT2D eigenvalue weighted by Gasteiger charge is -2.04. The quantitative estimate of drug-likeness (QED) is 0.507. The molecule has 0 unspecified atom stereocenters. The third-order valence-corrected chi connectivity index (χ3v) is 5.23. The number of nitrogens with one attached hydrogen (secondary N) is 1. The number of benzene rings is 2. The molecule has 0 radical (unpaired) electrons. The van der Waals surface area contributed by atoms with Crippen LogP contribution >= 0.6 is 22.9 Å².